The molecule has 2 heterocycles. The molecule has 0 unspecified atom stereocenters. The number of benzene rings is 2. The summed E-state index contributed by atoms with van der Waals surface area (Å²) < 4.78 is 0. The molecule has 1 amide bonds. The summed E-state index contributed by atoms with van der Waals surface area (Å²) in [5, 5.41) is 13.3. The summed E-state index contributed by atoms with van der Waals surface area (Å²) in [5.74, 6) is -0.322. The molecule has 0 radical (unpaired) electrons. The van der Waals surface area contributed by atoms with Gasteiger partial charge in [-0.3, -0.25) is 14.5 Å². The first kappa shape index (κ1) is 21.0. The standard InChI is InChI=1S/C27H26N4O2/c1-15-9-10-19-17(11-15)27(25(33)30-19)18(14-28)24(29)31(20-8-6-5-7-16(20)2)21-12-26(3,4)13-22(32)23(21)27/h5-11H,12-13,29H2,1-4H3,(H,30,33)/t27-/m1/s1. The number of Topliss-reactive ketones (excluding diaryl/α,β-unsaturated/α-hetero) is 1. The van der Waals surface area contributed by atoms with Gasteiger partial charge in [-0.2, -0.15) is 5.26 Å². The number of rotatable bonds is 1. The number of nitrogens with two attached hydrogens (primary N) is 1. The van der Waals surface area contributed by atoms with Crippen LogP contribution in [-0.2, 0) is 15.0 Å². The van der Waals surface area contributed by atoms with Gasteiger partial charge < -0.3 is 11.1 Å². The molecule has 5 rings (SSSR count). The zero-order valence-corrected chi connectivity index (χ0v) is 19.2. The molecule has 2 aromatic rings. The van der Waals surface area contributed by atoms with E-state index in [2.05, 4.69) is 11.4 Å². The number of carbonyl (C=O) groups is 2. The van der Waals surface area contributed by atoms with Gasteiger partial charge in [0.15, 0.2) is 5.78 Å². The Balaban J connectivity index is 1.93. The number of para-hydroxylation sites is 1. The molecule has 1 atom stereocenters. The number of ketones is 1. The SMILES string of the molecule is Cc1ccc2c(c1)[C@@]1(C(=O)N2)C(C#N)=C(N)N(c2ccccc2C)C2=C1C(=O)CC(C)(C)C2. The molecule has 166 valence electrons. The van der Waals surface area contributed by atoms with E-state index >= 15 is 0 Å². The molecule has 3 aliphatic rings. The van der Waals surface area contributed by atoms with E-state index in [1.807, 2.05) is 75.1 Å². The maximum absolute atomic E-state index is 13.8. The lowest BCUT2D eigenvalue weighted by molar-refractivity contribution is -0.123. The molecular weight excluding hydrogens is 412 g/mol. The first-order valence-electron chi connectivity index (χ1n) is 11.1. The topological polar surface area (TPSA) is 99.2 Å². The van der Waals surface area contributed by atoms with Crippen LogP contribution in [0.2, 0.25) is 0 Å². The molecule has 6 nitrogen and oxygen atoms in total. The Morgan fingerprint density at radius 3 is 2.52 bits per heavy atom. The summed E-state index contributed by atoms with van der Waals surface area (Å²) in [6.45, 7) is 7.99. The summed E-state index contributed by atoms with van der Waals surface area (Å²) in [6, 6.07) is 15.6. The highest BCUT2D eigenvalue weighted by Crippen LogP contribution is 2.57. The maximum atomic E-state index is 13.8. The number of hydrogen-bond acceptors (Lipinski definition) is 5. The monoisotopic (exact) mass is 438 g/mol. The van der Waals surface area contributed by atoms with Crippen LogP contribution >= 0.6 is 0 Å². The quantitative estimate of drug-likeness (QED) is 0.690. The first-order valence-corrected chi connectivity index (χ1v) is 11.1. The van der Waals surface area contributed by atoms with E-state index < -0.39 is 11.3 Å². The normalized spacial score (nSPS) is 23.4. The molecule has 0 fully saturated rings. The highest BCUT2D eigenvalue weighted by atomic mass is 16.2. The minimum atomic E-state index is -1.54. The fourth-order valence-electron chi connectivity index (χ4n) is 5.62. The molecule has 1 spiro atoms. The molecular formula is C27H26N4O2. The van der Waals surface area contributed by atoms with Crippen LogP contribution in [0.25, 0.3) is 0 Å². The minimum absolute atomic E-state index is 0.0967. The van der Waals surface area contributed by atoms with Gasteiger partial charge in [0.05, 0.1) is 11.3 Å². The largest absolute Gasteiger partial charge is 0.384 e. The van der Waals surface area contributed by atoms with Gasteiger partial charge in [0.2, 0.25) is 5.91 Å². The average Bonchev–Trinajstić information content (AvgIpc) is 3.00. The second kappa shape index (κ2) is 6.82. The number of fused-ring (bicyclic) bond motifs is 3. The number of nitrogens with zero attached hydrogens (tertiary/aromatic N) is 2. The van der Waals surface area contributed by atoms with Crippen LogP contribution in [0.15, 0.2) is 65.1 Å². The number of amides is 1. The Hall–Kier alpha value is -3.85. The van der Waals surface area contributed by atoms with Gasteiger partial charge in [-0.15, -0.1) is 0 Å². The van der Waals surface area contributed by atoms with E-state index in [9.17, 15) is 14.9 Å². The number of hydrogen-bond donors (Lipinski definition) is 2. The summed E-state index contributed by atoms with van der Waals surface area (Å²) in [6.07, 6.45) is 0.847. The van der Waals surface area contributed by atoms with Crippen molar-refractivity contribution in [2.45, 2.75) is 46.0 Å². The molecule has 2 aliphatic heterocycles. The van der Waals surface area contributed by atoms with Crippen molar-refractivity contribution in [3.63, 3.8) is 0 Å². The molecule has 6 heteroatoms. The predicted molar refractivity (Wildman–Crippen MR) is 127 cm³/mol. The summed E-state index contributed by atoms with van der Waals surface area (Å²) in [5.41, 5.74) is 10.00. The lowest BCUT2D eigenvalue weighted by Crippen LogP contribution is -2.52. The lowest BCUT2D eigenvalue weighted by atomic mass is 9.60. The summed E-state index contributed by atoms with van der Waals surface area (Å²) in [7, 11) is 0. The lowest BCUT2D eigenvalue weighted by Gasteiger charge is -2.47. The number of carbonyl (C=O) groups excluding carboxylic acids is 2. The Morgan fingerprint density at radius 1 is 1.09 bits per heavy atom. The average molecular weight is 439 g/mol. The molecule has 2 aromatic carbocycles. The third kappa shape index (κ3) is 2.72. The van der Waals surface area contributed by atoms with Crippen molar-refractivity contribution < 1.29 is 9.59 Å². The van der Waals surface area contributed by atoms with Gasteiger partial charge in [-0.1, -0.05) is 49.7 Å². The van der Waals surface area contributed by atoms with Gasteiger partial charge in [-0.25, -0.2) is 0 Å². The second-order valence-electron chi connectivity index (χ2n) is 10.0. The highest BCUT2D eigenvalue weighted by molar-refractivity contribution is 6.20. The Bertz CT molecular complexity index is 1360. The molecule has 3 N–H and O–H groups in total. The highest BCUT2D eigenvalue weighted by Gasteiger charge is 2.61. The first-order chi connectivity index (χ1) is 15.6. The van der Waals surface area contributed by atoms with E-state index in [1.165, 1.54) is 0 Å². The van der Waals surface area contributed by atoms with Crippen LogP contribution in [0.4, 0.5) is 11.4 Å². The summed E-state index contributed by atoms with van der Waals surface area (Å²) >= 11 is 0. The van der Waals surface area contributed by atoms with E-state index in [0.29, 0.717) is 35.4 Å². The van der Waals surface area contributed by atoms with E-state index in [1.54, 1.807) is 0 Å². The molecule has 0 aromatic heterocycles. The molecule has 0 saturated heterocycles. The molecule has 33 heavy (non-hydrogen) atoms. The Kier molecular flexibility index (Phi) is 4.35. The fraction of sp³-hybridized carbons (Fsp3) is 0.296. The van der Waals surface area contributed by atoms with Crippen molar-refractivity contribution in [2.75, 3.05) is 10.2 Å². The number of aryl methyl sites for hydroxylation is 2. The number of nitrogens with one attached hydrogen (secondary N) is 1. The zero-order valence-electron chi connectivity index (χ0n) is 19.2. The van der Waals surface area contributed by atoms with Crippen molar-refractivity contribution in [2.24, 2.45) is 11.1 Å². The van der Waals surface area contributed by atoms with Gasteiger partial charge in [0.25, 0.3) is 0 Å². The predicted octanol–water partition coefficient (Wildman–Crippen LogP) is 4.35. The van der Waals surface area contributed by atoms with E-state index in [0.717, 1.165) is 16.8 Å². The van der Waals surface area contributed by atoms with Gasteiger partial charge in [0.1, 0.15) is 17.3 Å². The third-order valence-corrected chi connectivity index (χ3v) is 7.01. The molecule has 0 bridgehead atoms. The molecule has 1 aliphatic carbocycles. The number of anilines is 2. The van der Waals surface area contributed by atoms with Gasteiger partial charge in [-0.05, 0) is 43.4 Å². The minimum Gasteiger partial charge on any atom is -0.384 e. The summed E-state index contributed by atoms with van der Waals surface area (Å²) in [4.78, 5) is 29.4. The van der Waals surface area contributed by atoms with Crippen LogP contribution in [0.3, 0.4) is 0 Å². The van der Waals surface area contributed by atoms with Crippen LogP contribution < -0.4 is 16.0 Å². The van der Waals surface area contributed by atoms with Crippen molar-refractivity contribution in [1.29, 1.82) is 5.26 Å². The van der Waals surface area contributed by atoms with Crippen molar-refractivity contribution in [3.8, 4) is 6.07 Å². The van der Waals surface area contributed by atoms with Crippen molar-refractivity contribution >= 4 is 23.1 Å². The smallest absolute Gasteiger partial charge is 0.245 e. The van der Waals surface area contributed by atoms with Gasteiger partial charge in [0, 0.05) is 28.9 Å². The van der Waals surface area contributed by atoms with E-state index in [-0.39, 0.29) is 22.6 Å². The van der Waals surface area contributed by atoms with Crippen molar-refractivity contribution in [3.05, 3.63) is 81.8 Å². The number of nitriles is 1. The fourth-order valence-corrected chi connectivity index (χ4v) is 5.62. The van der Waals surface area contributed by atoms with Gasteiger partial charge >= 0.3 is 0 Å². The van der Waals surface area contributed by atoms with Crippen LogP contribution in [0.5, 0.6) is 0 Å². The van der Waals surface area contributed by atoms with Crippen LogP contribution in [0.1, 0.15) is 43.4 Å². The Morgan fingerprint density at radius 2 is 1.82 bits per heavy atom. The number of allylic oxidation sites excluding steroid dienone is 1. The zero-order chi connectivity index (χ0) is 23.7. The Labute approximate surface area is 193 Å². The maximum Gasteiger partial charge on any atom is 0.245 e. The molecule has 0 saturated carbocycles. The third-order valence-electron chi connectivity index (χ3n) is 7.01. The van der Waals surface area contributed by atoms with Crippen LogP contribution in [-0.4, -0.2) is 11.7 Å². The second-order valence-corrected chi connectivity index (χ2v) is 10.0. The van der Waals surface area contributed by atoms with Crippen LogP contribution in [0, 0.1) is 30.6 Å². The van der Waals surface area contributed by atoms with Crippen molar-refractivity contribution in [1.82, 2.24) is 0 Å². The van der Waals surface area contributed by atoms with E-state index in [4.69, 9.17) is 5.73 Å².